The molecule has 0 aromatic rings. The SMILES string of the molecule is CCCCCCCCCC/C=C\CCCCCCCCCCCCCCCCCC(=O)OCC(COC(=O)CCCCCCCC)OC(=O)CCCCCCCCCCCCCCC. The van der Waals surface area contributed by atoms with Gasteiger partial charge < -0.3 is 14.2 Å². The van der Waals surface area contributed by atoms with Gasteiger partial charge in [0.05, 0.1) is 0 Å². The standard InChI is InChI=1S/C58H110O6/c1-4-7-10-13-16-18-20-22-23-24-25-26-27-28-29-30-31-32-33-34-35-37-38-40-42-45-48-51-57(60)63-54-55(53-62-56(59)50-47-44-15-12-9-6-3)64-58(61)52-49-46-43-41-39-36-21-19-17-14-11-8-5-2/h24-25,55H,4-23,26-54H2,1-3H3/b25-24-. The zero-order valence-corrected chi connectivity index (χ0v) is 43.3. The predicted molar refractivity (Wildman–Crippen MR) is 275 cm³/mol. The summed E-state index contributed by atoms with van der Waals surface area (Å²) in [6.07, 6.45) is 61.1. The van der Waals surface area contributed by atoms with E-state index in [4.69, 9.17) is 14.2 Å². The number of hydrogen-bond donors (Lipinski definition) is 0. The molecule has 0 spiro atoms. The number of carbonyl (C=O) groups is 3. The van der Waals surface area contributed by atoms with Crippen molar-refractivity contribution in [3.8, 4) is 0 Å². The lowest BCUT2D eigenvalue weighted by atomic mass is 10.0. The van der Waals surface area contributed by atoms with Crippen LogP contribution in [0, 0.1) is 0 Å². The molecule has 0 aliphatic heterocycles. The van der Waals surface area contributed by atoms with E-state index < -0.39 is 6.10 Å². The number of ether oxygens (including phenoxy) is 3. The first-order valence-electron chi connectivity index (χ1n) is 28.7. The highest BCUT2D eigenvalue weighted by Gasteiger charge is 2.19. The molecule has 0 saturated heterocycles. The number of rotatable bonds is 53. The number of esters is 3. The van der Waals surface area contributed by atoms with Crippen molar-refractivity contribution in [2.45, 2.75) is 329 Å². The van der Waals surface area contributed by atoms with Gasteiger partial charge in [-0.05, 0) is 44.9 Å². The molecule has 0 rings (SSSR count). The third kappa shape index (κ3) is 51.1. The second-order valence-corrected chi connectivity index (χ2v) is 19.6. The lowest BCUT2D eigenvalue weighted by Crippen LogP contribution is -2.30. The van der Waals surface area contributed by atoms with Crippen molar-refractivity contribution in [2.24, 2.45) is 0 Å². The number of allylic oxidation sites excluding steroid dienone is 2. The van der Waals surface area contributed by atoms with Crippen LogP contribution in [0.25, 0.3) is 0 Å². The maximum absolute atomic E-state index is 12.7. The van der Waals surface area contributed by atoms with Gasteiger partial charge in [-0.3, -0.25) is 14.4 Å². The summed E-state index contributed by atoms with van der Waals surface area (Å²) in [5, 5.41) is 0. The Balaban J connectivity index is 3.98. The summed E-state index contributed by atoms with van der Waals surface area (Å²) in [5.74, 6) is -0.856. The Morgan fingerprint density at radius 2 is 0.516 bits per heavy atom. The Labute approximate surface area is 399 Å². The highest BCUT2D eigenvalue weighted by molar-refractivity contribution is 5.71. The summed E-state index contributed by atoms with van der Waals surface area (Å²) in [6.45, 7) is 6.62. The molecule has 1 atom stereocenters. The van der Waals surface area contributed by atoms with E-state index in [1.54, 1.807) is 0 Å². The Hall–Kier alpha value is -1.85. The molecule has 0 radical (unpaired) electrons. The Bertz CT molecular complexity index is 993. The van der Waals surface area contributed by atoms with Crippen LogP contribution in [0.2, 0.25) is 0 Å². The summed E-state index contributed by atoms with van der Waals surface area (Å²) < 4.78 is 16.7. The molecule has 0 aromatic heterocycles. The van der Waals surface area contributed by atoms with Gasteiger partial charge in [0.15, 0.2) is 6.10 Å². The van der Waals surface area contributed by atoms with E-state index in [0.29, 0.717) is 19.3 Å². The molecule has 378 valence electrons. The third-order valence-electron chi connectivity index (χ3n) is 13.0. The summed E-state index contributed by atoms with van der Waals surface area (Å²) in [6, 6.07) is 0. The lowest BCUT2D eigenvalue weighted by Gasteiger charge is -2.18. The van der Waals surface area contributed by atoms with Crippen molar-refractivity contribution in [3.05, 3.63) is 12.2 Å². The van der Waals surface area contributed by atoms with Gasteiger partial charge in [-0.25, -0.2) is 0 Å². The zero-order chi connectivity index (χ0) is 46.5. The fourth-order valence-electron chi connectivity index (χ4n) is 8.68. The van der Waals surface area contributed by atoms with E-state index in [1.807, 2.05) is 0 Å². The quantitative estimate of drug-likeness (QED) is 0.0262. The van der Waals surface area contributed by atoms with Crippen LogP contribution in [0.3, 0.4) is 0 Å². The van der Waals surface area contributed by atoms with Crippen molar-refractivity contribution in [1.82, 2.24) is 0 Å². The summed E-state index contributed by atoms with van der Waals surface area (Å²) in [5.41, 5.74) is 0. The fourth-order valence-corrected chi connectivity index (χ4v) is 8.68. The number of carbonyl (C=O) groups excluding carboxylic acids is 3. The highest BCUT2D eigenvalue weighted by Crippen LogP contribution is 2.17. The Morgan fingerprint density at radius 1 is 0.297 bits per heavy atom. The van der Waals surface area contributed by atoms with Crippen LogP contribution in [0.5, 0.6) is 0 Å². The first kappa shape index (κ1) is 62.1. The molecule has 0 heterocycles. The number of hydrogen-bond acceptors (Lipinski definition) is 6. The third-order valence-corrected chi connectivity index (χ3v) is 13.0. The van der Waals surface area contributed by atoms with Gasteiger partial charge in [0, 0.05) is 19.3 Å². The van der Waals surface area contributed by atoms with Crippen LogP contribution in [0.15, 0.2) is 12.2 Å². The van der Waals surface area contributed by atoms with Crippen LogP contribution < -0.4 is 0 Å². The second kappa shape index (κ2) is 53.8. The summed E-state index contributed by atoms with van der Waals surface area (Å²) >= 11 is 0. The van der Waals surface area contributed by atoms with Gasteiger partial charge in [0.2, 0.25) is 0 Å². The maximum atomic E-state index is 12.7. The largest absolute Gasteiger partial charge is 0.462 e. The average molecular weight is 904 g/mol. The smallest absolute Gasteiger partial charge is 0.306 e. The van der Waals surface area contributed by atoms with Crippen LogP contribution in [-0.2, 0) is 28.6 Å². The molecular formula is C58H110O6. The molecule has 0 saturated carbocycles. The molecule has 0 bridgehead atoms. The summed E-state index contributed by atoms with van der Waals surface area (Å²) in [4.78, 5) is 37.8. The van der Waals surface area contributed by atoms with Crippen LogP contribution in [0.1, 0.15) is 323 Å². The number of unbranched alkanes of at least 4 members (excludes halogenated alkanes) is 40. The van der Waals surface area contributed by atoms with Crippen LogP contribution in [0.4, 0.5) is 0 Å². The fraction of sp³-hybridized carbons (Fsp3) is 0.914. The first-order valence-corrected chi connectivity index (χ1v) is 28.7. The van der Waals surface area contributed by atoms with E-state index in [9.17, 15) is 14.4 Å². The monoisotopic (exact) mass is 903 g/mol. The first-order chi connectivity index (χ1) is 31.5. The zero-order valence-electron chi connectivity index (χ0n) is 43.3. The van der Waals surface area contributed by atoms with Crippen molar-refractivity contribution >= 4 is 17.9 Å². The van der Waals surface area contributed by atoms with Crippen molar-refractivity contribution in [3.63, 3.8) is 0 Å². The van der Waals surface area contributed by atoms with E-state index in [0.717, 1.165) is 57.8 Å². The molecule has 0 aromatic carbocycles. The Kier molecular flexibility index (Phi) is 52.2. The van der Waals surface area contributed by atoms with Gasteiger partial charge >= 0.3 is 17.9 Å². The minimum atomic E-state index is -0.761. The normalized spacial score (nSPS) is 12.0. The Morgan fingerprint density at radius 3 is 0.781 bits per heavy atom. The molecule has 0 amide bonds. The predicted octanol–water partition coefficient (Wildman–Crippen LogP) is 18.9. The van der Waals surface area contributed by atoms with Gasteiger partial charge in [-0.2, -0.15) is 0 Å². The van der Waals surface area contributed by atoms with Gasteiger partial charge in [-0.1, -0.05) is 270 Å². The lowest BCUT2D eigenvalue weighted by molar-refractivity contribution is -0.167. The van der Waals surface area contributed by atoms with E-state index in [1.165, 1.54) is 225 Å². The summed E-state index contributed by atoms with van der Waals surface area (Å²) in [7, 11) is 0. The van der Waals surface area contributed by atoms with Gasteiger partial charge in [0.1, 0.15) is 13.2 Å². The second-order valence-electron chi connectivity index (χ2n) is 19.6. The van der Waals surface area contributed by atoms with E-state index in [-0.39, 0.29) is 31.1 Å². The molecule has 0 aliphatic rings. The maximum Gasteiger partial charge on any atom is 0.306 e. The van der Waals surface area contributed by atoms with Crippen molar-refractivity contribution < 1.29 is 28.6 Å². The molecule has 1 unspecified atom stereocenters. The highest BCUT2D eigenvalue weighted by atomic mass is 16.6. The van der Waals surface area contributed by atoms with Crippen LogP contribution in [-0.4, -0.2) is 37.2 Å². The molecule has 0 fully saturated rings. The van der Waals surface area contributed by atoms with Gasteiger partial charge in [0.25, 0.3) is 0 Å². The molecule has 6 nitrogen and oxygen atoms in total. The van der Waals surface area contributed by atoms with Crippen LogP contribution >= 0.6 is 0 Å². The van der Waals surface area contributed by atoms with E-state index in [2.05, 4.69) is 32.9 Å². The molecular weight excluding hydrogens is 793 g/mol. The average Bonchev–Trinajstić information content (AvgIpc) is 3.29. The molecule has 64 heavy (non-hydrogen) atoms. The minimum absolute atomic E-state index is 0.0647. The molecule has 0 aliphatic carbocycles. The topological polar surface area (TPSA) is 78.9 Å². The van der Waals surface area contributed by atoms with E-state index >= 15 is 0 Å². The molecule has 0 N–H and O–H groups in total. The van der Waals surface area contributed by atoms with Gasteiger partial charge in [-0.15, -0.1) is 0 Å². The van der Waals surface area contributed by atoms with Crippen molar-refractivity contribution in [2.75, 3.05) is 13.2 Å². The van der Waals surface area contributed by atoms with Crippen molar-refractivity contribution in [1.29, 1.82) is 0 Å². The minimum Gasteiger partial charge on any atom is -0.462 e. The molecule has 6 heteroatoms.